The average molecular weight is 291 g/mol. The second-order valence-electron chi connectivity index (χ2n) is 4.86. The van der Waals surface area contributed by atoms with Crippen LogP contribution in [0.1, 0.15) is 50.4 Å². The zero-order chi connectivity index (χ0) is 15.8. The van der Waals surface area contributed by atoms with E-state index in [4.69, 9.17) is 4.74 Å². The highest BCUT2D eigenvalue weighted by Gasteiger charge is 2.17. The Hall–Kier alpha value is -2.17. The van der Waals surface area contributed by atoms with Gasteiger partial charge < -0.3 is 10.1 Å². The third-order valence-corrected chi connectivity index (χ3v) is 2.95. The Bertz CT molecular complexity index is 525. The van der Waals surface area contributed by atoms with E-state index in [1.807, 2.05) is 6.92 Å². The first kappa shape index (κ1) is 16.9. The second-order valence-corrected chi connectivity index (χ2v) is 4.86. The summed E-state index contributed by atoms with van der Waals surface area (Å²) in [6.07, 6.45) is 1.09. The number of nitrogens with one attached hydrogen (secondary N) is 1. The fourth-order valence-corrected chi connectivity index (χ4v) is 1.69. The Labute approximate surface area is 124 Å². The Kier molecular flexibility index (Phi) is 6.59. The molecule has 5 nitrogen and oxygen atoms in total. The molecule has 1 aromatic rings. The van der Waals surface area contributed by atoms with Gasteiger partial charge in [0.2, 0.25) is 0 Å². The van der Waals surface area contributed by atoms with Gasteiger partial charge in [-0.05, 0) is 32.4 Å². The molecule has 0 aliphatic rings. The van der Waals surface area contributed by atoms with Crippen molar-refractivity contribution in [2.24, 2.45) is 0 Å². The van der Waals surface area contributed by atoms with Crippen molar-refractivity contribution in [1.82, 2.24) is 0 Å². The molecule has 0 unspecified atom stereocenters. The first-order valence-electron chi connectivity index (χ1n) is 7.05. The fraction of sp³-hybridized carbons (Fsp3) is 0.438. The van der Waals surface area contributed by atoms with E-state index in [2.05, 4.69) is 5.32 Å². The van der Waals surface area contributed by atoms with E-state index in [0.717, 1.165) is 12.8 Å². The van der Waals surface area contributed by atoms with Crippen molar-refractivity contribution in [1.29, 1.82) is 0 Å². The lowest BCUT2D eigenvalue weighted by Crippen LogP contribution is -2.29. The number of hydrogen-bond acceptors (Lipinski definition) is 4. The molecule has 1 aromatic carbocycles. The van der Waals surface area contributed by atoms with Crippen LogP contribution in [0.3, 0.4) is 0 Å². The van der Waals surface area contributed by atoms with Crippen molar-refractivity contribution in [2.75, 3.05) is 5.32 Å². The van der Waals surface area contributed by atoms with Gasteiger partial charge in [-0.15, -0.1) is 0 Å². The van der Waals surface area contributed by atoms with Crippen molar-refractivity contribution in [3.63, 3.8) is 0 Å². The van der Waals surface area contributed by atoms with Crippen LogP contribution in [0.2, 0.25) is 0 Å². The highest BCUT2D eigenvalue weighted by molar-refractivity contribution is 5.98. The first-order chi connectivity index (χ1) is 9.93. The molecule has 0 saturated heterocycles. The van der Waals surface area contributed by atoms with Crippen molar-refractivity contribution >= 4 is 23.3 Å². The lowest BCUT2D eigenvalue weighted by atomic mass is 10.1. The fourth-order valence-electron chi connectivity index (χ4n) is 1.69. The second kappa shape index (κ2) is 8.19. The van der Waals surface area contributed by atoms with Crippen LogP contribution in [0.5, 0.6) is 0 Å². The van der Waals surface area contributed by atoms with E-state index in [0.29, 0.717) is 17.7 Å². The number of ether oxygens (including phenoxy) is 1. The number of ketones is 1. The molecule has 1 N–H and O–H groups in total. The molecular weight excluding hydrogens is 270 g/mol. The number of esters is 1. The van der Waals surface area contributed by atoms with Crippen molar-refractivity contribution < 1.29 is 19.1 Å². The summed E-state index contributed by atoms with van der Waals surface area (Å²) < 4.78 is 5.05. The highest BCUT2D eigenvalue weighted by atomic mass is 16.5. The van der Waals surface area contributed by atoms with Gasteiger partial charge >= 0.3 is 5.97 Å². The molecule has 1 amide bonds. The molecule has 0 fully saturated rings. The number of Topliss-reactive ketones (excluding diaryl/α,β-unsaturated/α-hetero) is 1. The molecule has 0 spiro atoms. The van der Waals surface area contributed by atoms with Crippen molar-refractivity contribution in [3.05, 3.63) is 29.8 Å². The number of rotatable bonds is 7. The van der Waals surface area contributed by atoms with Gasteiger partial charge in [-0.1, -0.05) is 25.5 Å². The predicted molar refractivity (Wildman–Crippen MR) is 80.2 cm³/mol. The zero-order valence-corrected chi connectivity index (χ0v) is 12.6. The molecule has 0 bridgehead atoms. The Morgan fingerprint density at radius 3 is 2.62 bits per heavy atom. The largest absolute Gasteiger partial charge is 0.453 e. The van der Waals surface area contributed by atoms with Gasteiger partial charge in [0, 0.05) is 17.7 Å². The number of carbonyl (C=O) groups excluding carboxylic acids is 3. The van der Waals surface area contributed by atoms with Crippen LogP contribution < -0.4 is 5.32 Å². The van der Waals surface area contributed by atoms with E-state index in [1.54, 1.807) is 24.3 Å². The topological polar surface area (TPSA) is 72.5 Å². The third-order valence-electron chi connectivity index (χ3n) is 2.95. The van der Waals surface area contributed by atoms with Gasteiger partial charge in [-0.25, -0.2) is 0 Å². The molecule has 0 saturated carbocycles. The van der Waals surface area contributed by atoms with Crippen LogP contribution >= 0.6 is 0 Å². The summed E-state index contributed by atoms with van der Waals surface area (Å²) in [5, 5.41) is 2.63. The third kappa shape index (κ3) is 5.77. The van der Waals surface area contributed by atoms with Crippen LogP contribution in [0, 0.1) is 0 Å². The number of benzene rings is 1. The van der Waals surface area contributed by atoms with Crippen LogP contribution in [0.4, 0.5) is 5.69 Å². The lowest BCUT2D eigenvalue weighted by molar-refractivity contribution is -0.153. The molecular formula is C16H21NO4. The van der Waals surface area contributed by atoms with Gasteiger partial charge in [0.1, 0.15) is 0 Å². The molecule has 21 heavy (non-hydrogen) atoms. The minimum Gasteiger partial charge on any atom is -0.453 e. The Balaban J connectivity index is 2.58. The Morgan fingerprint density at radius 2 is 2.00 bits per heavy atom. The quantitative estimate of drug-likeness (QED) is 0.619. The number of unbranched alkanes of at least 4 members (excludes halogenated alkanes) is 1. The van der Waals surface area contributed by atoms with Gasteiger partial charge in [-0.3, -0.25) is 14.4 Å². The lowest BCUT2D eigenvalue weighted by Gasteiger charge is -2.13. The number of amides is 1. The van der Waals surface area contributed by atoms with Gasteiger partial charge in [-0.2, -0.15) is 0 Å². The van der Waals surface area contributed by atoms with Crippen LogP contribution in [-0.4, -0.2) is 23.8 Å². The molecule has 5 heteroatoms. The molecule has 114 valence electrons. The summed E-state index contributed by atoms with van der Waals surface area (Å²) >= 11 is 0. The standard InChI is InChI=1S/C16H21NO4/c1-4-5-9-15(19)21-12(3)16(20)17-14-8-6-7-13(10-14)11(2)18/h6-8,10,12H,4-5,9H2,1-3H3,(H,17,20)/t12-/m1/s1. The molecule has 1 rings (SSSR count). The van der Waals surface area contributed by atoms with Crippen molar-refractivity contribution in [3.8, 4) is 0 Å². The molecule has 0 radical (unpaired) electrons. The van der Waals surface area contributed by atoms with E-state index in [1.165, 1.54) is 13.8 Å². The summed E-state index contributed by atoms with van der Waals surface area (Å²) in [7, 11) is 0. The van der Waals surface area contributed by atoms with Crippen LogP contribution in [-0.2, 0) is 14.3 Å². The van der Waals surface area contributed by atoms with E-state index in [9.17, 15) is 14.4 Å². The molecule has 0 aromatic heterocycles. The summed E-state index contributed by atoms with van der Waals surface area (Å²) in [5.74, 6) is -0.873. The molecule has 0 aliphatic carbocycles. The first-order valence-corrected chi connectivity index (χ1v) is 7.05. The average Bonchev–Trinajstić information content (AvgIpc) is 2.45. The maximum absolute atomic E-state index is 11.9. The van der Waals surface area contributed by atoms with Crippen LogP contribution in [0.25, 0.3) is 0 Å². The van der Waals surface area contributed by atoms with Crippen molar-refractivity contribution in [2.45, 2.75) is 46.1 Å². The number of carbonyl (C=O) groups is 3. The minimum absolute atomic E-state index is 0.0786. The van der Waals surface area contributed by atoms with Gasteiger partial charge in [0.05, 0.1) is 0 Å². The van der Waals surface area contributed by atoms with Gasteiger partial charge in [0.25, 0.3) is 5.91 Å². The molecule has 0 heterocycles. The summed E-state index contributed by atoms with van der Waals surface area (Å²) in [4.78, 5) is 34.7. The maximum Gasteiger partial charge on any atom is 0.306 e. The van der Waals surface area contributed by atoms with E-state index in [-0.39, 0.29) is 11.8 Å². The maximum atomic E-state index is 11.9. The summed E-state index contributed by atoms with van der Waals surface area (Å²) in [6, 6.07) is 6.62. The summed E-state index contributed by atoms with van der Waals surface area (Å²) in [6.45, 7) is 4.96. The van der Waals surface area contributed by atoms with E-state index < -0.39 is 12.0 Å². The zero-order valence-electron chi connectivity index (χ0n) is 12.6. The number of anilines is 1. The monoisotopic (exact) mass is 291 g/mol. The normalized spacial score (nSPS) is 11.6. The van der Waals surface area contributed by atoms with Gasteiger partial charge in [0.15, 0.2) is 11.9 Å². The highest BCUT2D eigenvalue weighted by Crippen LogP contribution is 2.12. The molecule has 0 aliphatic heterocycles. The number of hydrogen-bond donors (Lipinski definition) is 1. The predicted octanol–water partition coefficient (Wildman–Crippen LogP) is 2.95. The minimum atomic E-state index is -0.865. The Morgan fingerprint density at radius 1 is 1.29 bits per heavy atom. The van der Waals surface area contributed by atoms with Crippen LogP contribution in [0.15, 0.2) is 24.3 Å². The molecule has 1 atom stereocenters. The summed E-state index contributed by atoms with van der Waals surface area (Å²) in [5.41, 5.74) is 1.02. The SMILES string of the molecule is CCCCC(=O)O[C@H](C)C(=O)Nc1cccc(C(C)=O)c1. The smallest absolute Gasteiger partial charge is 0.306 e. The van der Waals surface area contributed by atoms with E-state index >= 15 is 0 Å².